The van der Waals surface area contributed by atoms with Crippen LogP contribution in [0.1, 0.15) is 10.5 Å². The first-order valence-corrected chi connectivity index (χ1v) is 2.80. The van der Waals surface area contributed by atoms with Crippen molar-refractivity contribution in [3.63, 3.8) is 0 Å². The lowest BCUT2D eigenvalue weighted by atomic mass is 10.4. The lowest BCUT2D eigenvalue weighted by Gasteiger charge is -1.92. The van der Waals surface area contributed by atoms with Crippen molar-refractivity contribution in [3.05, 3.63) is 36.9 Å². The summed E-state index contributed by atoms with van der Waals surface area (Å²) in [5, 5.41) is 0. The van der Waals surface area contributed by atoms with Crippen LogP contribution in [0.4, 0.5) is 0 Å². The zero-order chi connectivity index (χ0) is 7.40. The summed E-state index contributed by atoms with van der Waals surface area (Å²) >= 11 is 0. The smallest absolute Gasteiger partial charge is 0.359 e. The van der Waals surface area contributed by atoms with E-state index in [1.165, 1.54) is 0 Å². The Morgan fingerprint density at radius 2 is 2.60 bits per heavy atom. The van der Waals surface area contributed by atoms with Crippen LogP contribution in [-0.2, 0) is 4.74 Å². The summed E-state index contributed by atoms with van der Waals surface area (Å²) in [7, 11) is 0. The highest BCUT2D eigenvalue weighted by Gasteiger charge is 2.03. The summed E-state index contributed by atoms with van der Waals surface area (Å²) in [6.45, 7) is 3.25. The first-order chi connectivity index (χ1) is 4.84. The first-order valence-electron chi connectivity index (χ1n) is 2.80. The number of hydrogen-bond donors (Lipinski definition) is 1. The molecular formula is C7H7NO2. The molecule has 0 unspecified atom stereocenters. The van der Waals surface area contributed by atoms with Crippen LogP contribution in [0.25, 0.3) is 0 Å². The molecule has 0 aliphatic carbocycles. The van der Waals surface area contributed by atoms with Crippen LogP contribution in [0.15, 0.2) is 31.2 Å². The predicted octanol–water partition coefficient (Wildman–Crippen LogP) is 1.31. The number of rotatable bonds is 2. The summed E-state index contributed by atoms with van der Waals surface area (Å²) in [6.07, 6.45) is 2.75. The molecule has 0 amide bonds. The van der Waals surface area contributed by atoms with Gasteiger partial charge >= 0.3 is 5.97 Å². The van der Waals surface area contributed by atoms with Crippen molar-refractivity contribution in [1.29, 1.82) is 0 Å². The molecule has 1 aromatic rings. The Hall–Kier alpha value is -1.51. The van der Waals surface area contributed by atoms with E-state index in [4.69, 9.17) is 0 Å². The van der Waals surface area contributed by atoms with E-state index >= 15 is 0 Å². The SMILES string of the molecule is C=COC(=O)c1ccc[nH]1. The molecule has 3 heteroatoms. The molecule has 0 bridgehead atoms. The zero-order valence-corrected chi connectivity index (χ0v) is 5.33. The minimum atomic E-state index is -0.417. The van der Waals surface area contributed by atoms with Gasteiger partial charge in [0.25, 0.3) is 0 Å². The quantitative estimate of drug-likeness (QED) is 0.493. The van der Waals surface area contributed by atoms with E-state index in [-0.39, 0.29) is 0 Å². The van der Waals surface area contributed by atoms with E-state index in [9.17, 15) is 4.79 Å². The molecule has 0 saturated carbocycles. The average molecular weight is 137 g/mol. The van der Waals surface area contributed by atoms with E-state index in [0.717, 1.165) is 6.26 Å². The van der Waals surface area contributed by atoms with Crippen molar-refractivity contribution in [2.75, 3.05) is 0 Å². The van der Waals surface area contributed by atoms with Crippen molar-refractivity contribution in [1.82, 2.24) is 4.98 Å². The van der Waals surface area contributed by atoms with Crippen LogP contribution in [0.2, 0.25) is 0 Å². The number of carbonyl (C=O) groups is 1. The molecule has 0 aromatic carbocycles. The highest BCUT2D eigenvalue weighted by Crippen LogP contribution is 1.96. The molecule has 0 radical (unpaired) electrons. The summed E-state index contributed by atoms with van der Waals surface area (Å²) in [5.74, 6) is -0.417. The summed E-state index contributed by atoms with van der Waals surface area (Å²) < 4.78 is 4.48. The number of aromatic nitrogens is 1. The fraction of sp³-hybridized carbons (Fsp3) is 0. The minimum absolute atomic E-state index is 0.417. The molecule has 1 heterocycles. The number of esters is 1. The van der Waals surface area contributed by atoms with Gasteiger partial charge in [0.1, 0.15) is 5.69 Å². The summed E-state index contributed by atoms with van der Waals surface area (Å²) in [6, 6.07) is 3.35. The van der Waals surface area contributed by atoms with E-state index in [1.807, 2.05) is 0 Å². The highest BCUT2D eigenvalue weighted by molar-refractivity contribution is 5.87. The minimum Gasteiger partial charge on any atom is -0.430 e. The first kappa shape index (κ1) is 6.61. The Balaban J connectivity index is 2.68. The second-order valence-corrected chi connectivity index (χ2v) is 1.66. The van der Waals surface area contributed by atoms with Crippen molar-refractivity contribution < 1.29 is 9.53 Å². The Morgan fingerprint density at radius 3 is 3.10 bits per heavy atom. The molecule has 1 aromatic heterocycles. The van der Waals surface area contributed by atoms with E-state index in [1.54, 1.807) is 18.3 Å². The normalized spacial score (nSPS) is 8.80. The molecule has 0 fully saturated rings. The molecule has 1 rings (SSSR count). The average Bonchev–Trinajstić information content (AvgIpc) is 2.38. The van der Waals surface area contributed by atoms with Crippen LogP contribution in [-0.4, -0.2) is 11.0 Å². The van der Waals surface area contributed by atoms with Gasteiger partial charge in [-0.3, -0.25) is 0 Å². The third kappa shape index (κ3) is 1.25. The molecule has 0 spiro atoms. The van der Waals surface area contributed by atoms with Crippen LogP contribution in [0.5, 0.6) is 0 Å². The van der Waals surface area contributed by atoms with Gasteiger partial charge in [-0.05, 0) is 12.1 Å². The molecule has 0 aliphatic heterocycles. The van der Waals surface area contributed by atoms with Gasteiger partial charge in [0.05, 0.1) is 6.26 Å². The standard InChI is InChI=1S/C7H7NO2/c1-2-10-7(9)6-4-3-5-8-6/h2-5,8H,1H2. The van der Waals surface area contributed by atoms with E-state index in [2.05, 4.69) is 16.3 Å². The molecule has 3 nitrogen and oxygen atoms in total. The van der Waals surface area contributed by atoms with Crippen molar-refractivity contribution in [2.24, 2.45) is 0 Å². The van der Waals surface area contributed by atoms with Gasteiger partial charge < -0.3 is 9.72 Å². The number of carbonyl (C=O) groups excluding carboxylic acids is 1. The molecule has 0 atom stereocenters. The highest BCUT2D eigenvalue weighted by atomic mass is 16.5. The number of hydrogen-bond acceptors (Lipinski definition) is 2. The lowest BCUT2D eigenvalue weighted by molar-refractivity contribution is 0.0658. The molecule has 0 saturated heterocycles. The van der Waals surface area contributed by atoms with Crippen LogP contribution in [0.3, 0.4) is 0 Å². The van der Waals surface area contributed by atoms with Gasteiger partial charge in [0, 0.05) is 6.20 Å². The lowest BCUT2D eigenvalue weighted by Crippen LogP contribution is -1.99. The van der Waals surface area contributed by atoms with E-state index < -0.39 is 5.97 Å². The predicted molar refractivity (Wildman–Crippen MR) is 36.4 cm³/mol. The van der Waals surface area contributed by atoms with Gasteiger partial charge in [0.15, 0.2) is 0 Å². The third-order valence-corrected chi connectivity index (χ3v) is 1.01. The Bertz CT molecular complexity index is 226. The van der Waals surface area contributed by atoms with Gasteiger partial charge in [-0.1, -0.05) is 6.58 Å². The fourth-order valence-corrected chi connectivity index (χ4v) is 0.596. The molecule has 1 N–H and O–H groups in total. The summed E-state index contributed by atoms with van der Waals surface area (Å²) in [5.41, 5.74) is 0.430. The van der Waals surface area contributed by atoms with Crippen molar-refractivity contribution >= 4 is 5.97 Å². The van der Waals surface area contributed by atoms with Gasteiger partial charge in [-0.15, -0.1) is 0 Å². The van der Waals surface area contributed by atoms with Crippen LogP contribution in [0, 0.1) is 0 Å². The third-order valence-electron chi connectivity index (χ3n) is 1.01. The van der Waals surface area contributed by atoms with Crippen molar-refractivity contribution in [3.8, 4) is 0 Å². The monoisotopic (exact) mass is 137 g/mol. The molecular weight excluding hydrogens is 130 g/mol. The van der Waals surface area contributed by atoms with E-state index in [0.29, 0.717) is 5.69 Å². The van der Waals surface area contributed by atoms with Crippen molar-refractivity contribution in [2.45, 2.75) is 0 Å². The number of nitrogens with one attached hydrogen (secondary N) is 1. The topological polar surface area (TPSA) is 42.1 Å². The van der Waals surface area contributed by atoms with Crippen LogP contribution < -0.4 is 0 Å². The largest absolute Gasteiger partial charge is 0.430 e. The maximum absolute atomic E-state index is 10.8. The second-order valence-electron chi connectivity index (χ2n) is 1.66. The second kappa shape index (κ2) is 2.87. The molecule has 10 heavy (non-hydrogen) atoms. The van der Waals surface area contributed by atoms with Gasteiger partial charge in [0.2, 0.25) is 0 Å². The van der Waals surface area contributed by atoms with Crippen LogP contribution >= 0.6 is 0 Å². The number of aromatic amines is 1. The Labute approximate surface area is 58.3 Å². The summed E-state index contributed by atoms with van der Waals surface area (Å²) in [4.78, 5) is 13.5. The fourth-order valence-electron chi connectivity index (χ4n) is 0.596. The Kier molecular flexibility index (Phi) is 1.89. The number of H-pyrrole nitrogens is 1. The number of ether oxygens (including phenoxy) is 1. The maximum atomic E-state index is 10.8. The van der Waals surface area contributed by atoms with Gasteiger partial charge in [-0.2, -0.15) is 0 Å². The van der Waals surface area contributed by atoms with Gasteiger partial charge in [-0.25, -0.2) is 4.79 Å². The zero-order valence-electron chi connectivity index (χ0n) is 5.33. The molecule has 0 aliphatic rings. The molecule has 52 valence electrons. The maximum Gasteiger partial charge on any atom is 0.359 e. The Morgan fingerprint density at radius 1 is 1.80 bits per heavy atom.